The number of aromatic nitrogens is 2. The van der Waals surface area contributed by atoms with Crippen LogP contribution in [0.1, 0.15) is 11.1 Å². The van der Waals surface area contributed by atoms with Crippen molar-refractivity contribution < 1.29 is 4.79 Å². The van der Waals surface area contributed by atoms with Gasteiger partial charge in [-0.1, -0.05) is 48.2 Å². The van der Waals surface area contributed by atoms with Crippen LogP contribution in [-0.2, 0) is 4.79 Å². The molecular weight excluding hydrogens is 464 g/mol. The molecule has 0 aliphatic heterocycles. The summed E-state index contributed by atoms with van der Waals surface area (Å²) in [5.74, 6) is 0.155. The van der Waals surface area contributed by atoms with Crippen LogP contribution in [0.5, 0.6) is 0 Å². The second kappa shape index (κ2) is 10.6. The first-order valence-electron chi connectivity index (χ1n) is 10.6. The van der Waals surface area contributed by atoms with Crippen LogP contribution in [0, 0.1) is 25.2 Å². The number of aryl methyl sites for hydroxylation is 1. The van der Waals surface area contributed by atoms with Gasteiger partial charge in [-0.15, -0.1) is 11.8 Å². The highest BCUT2D eigenvalue weighted by Crippen LogP contribution is 2.28. The van der Waals surface area contributed by atoms with Crippen LogP contribution in [0.4, 0.5) is 5.69 Å². The molecule has 4 rings (SSSR count). The zero-order chi connectivity index (χ0) is 24.1. The molecule has 4 aromatic rings. The molecule has 0 spiro atoms. The molecule has 0 bridgehead atoms. The lowest BCUT2D eigenvalue weighted by Gasteiger charge is -2.16. The van der Waals surface area contributed by atoms with Crippen LogP contribution in [-0.4, -0.2) is 27.0 Å². The van der Waals surface area contributed by atoms with Crippen molar-refractivity contribution in [2.75, 3.05) is 16.8 Å². The number of amides is 1. The number of hydrogen-bond donors (Lipinski definition) is 1. The minimum Gasteiger partial charge on any atom is -0.324 e. The monoisotopic (exact) mass is 486 g/mol. The molecule has 6 nitrogen and oxygen atoms in total. The summed E-state index contributed by atoms with van der Waals surface area (Å²) in [5.41, 5.74) is 3.89. The molecule has 1 aromatic heterocycles. The van der Waals surface area contributed by atoms with Gasteiger partial charge in [0.1, 0.15) is 0 Å². The molecule has 0 unspecified atom stereocenters. The average molecular weight is 487 g/mol. The third-order valence-corrected chi connectivity index (χ3v) is 7.23. The fourth-order valence-electron chi connectivity index (χ4n) is 3.52. The third-order valence-electron chi connectivity index (χ3n) is 5.35. The summed E-state index contributed by atoms with van der Waals surface area (Å²) in [4.78, 5) is 31.8. The number of nitriles is 1. The number of nitrogens with zero attached hydrogens (tertiary/aromatic N) is 3. The number of benzene rings is 3. The SMILES string of the molecule is Cc1cccc(-n2c(SCC(=O)Nc3ccccc3SCC#N)nc3ccccc3c2=O)c1C. The van der Waals surface area contributed by atoms with Crippen LogP contribution in [0.3, 0.4) is 0 Å². The molecule has 1 N–H and O–H groups in total. The smallest absolute Gasteiger partial charge is 0.266 e. The van der Waals surface area contributed by atoms with Gasteiger partial charge in [-0.05, 0) is 55.3 Å². The second-order valence-corrected chi connectivity index (χ2v) is 9.51. The van der Waals surface area contributed by atoms with E-state index in [0.717, 1.165) is 21.7 Å². The van der Waals surface area contributed by atoms with Crippen molar-refractivity contribution >= 4 is 46.0 Å². The quantitative estimate of drug-likeness (QED) is 0.280. The fourth-order valence-corrected chi connectivity index (χ4v) is 5.00. The van der Waals surface area contributed by atoms with Gasteiger partial charge in [-0.3, -0.25) is 14.2 Å². The number of rotatable bonds is 7. The minimum absolute atomic E-state index is 0.0763. The van der Waals surface area contributed by atoms with E-state index >= 15 is 0 Å². The predicted molar refractivity (Wildman–Crippen MR) is 139 cm³/mol. The van der Waals surface area contributed by atoms with Crippen LogP contribution < -0.4 is 10.9 Å². The minimum atomic E-state index is -0.218. The number of carbonyl (C=O) groups is 1. The van der Waals surface area contributed by atoms with Crippen molar-refractivity contribution in [3.63, 3.8) is 0 Å². The Labute approximate surface area is 206 Å². The van der Waals surface area contributed by atoms with Crippen LogP contribution in [0.15, 0.2) is 81.6 Å². The molecule has 1 amide bonds. The van der Waals surface area contributed by atoms with Gasteiger partial charge in [-0.25, -0.2) is 4.98 Å². The van der Waals surface area contributed by atoms with E-state index in [2.05, 4.69) is 11.4 Å². The summed E-state index contributed by atoms with van der Waals surface area (Å²) >= 11 is 2.59. The Morgan fingerprint density at radius 3 is 2.62 bits per heavy atom. The van der Waals surface area contributed by atoms with Crippen molar-refractivity contribution in [3.05, 3.63) is 88.2 Å². The summed E-state index contributed by atoms with van der Waals surface area (Å²) in [6.07, 6.45) is 0. The van der Waals surface area contributed by atoms with E-state index < -0.39 is 0 Å². The van der Waals surface area contributed by atoms with E-state index in [9.17, 15) is 9.59 Å². The Balaban J connectivity index is 1.66. The summed E-state index contributed by atoms with van der Waals surface area (Å²) in [6, 6.07) is 22.5. The van der Waals surface area contributed by atoms with Gasteiger partial charge in [0, 0.05) is 4.90 Å². The Hall–Kier alpha value is -3.54. The lowest BCUT2D eigenvalue weighted by Crippen LogP contribution is -2.23. The number of nitrogens with one attached hydrogen (secondary N) is 1. The largest absolute Gasteiger partial charge is 0.324 e. The number of hydrogen-bond acceptors (Lipinski definition) is 6. The van der Waals surface area contributed by atoms with Gasteiger partial charge in [-0.2, -0.15) is 5.26 Å². The highest BCUT2D eigenvalue weighted by molar-refractivity contribution is 8.00. The van der Waals surface area contributed by atoms with Crippen LogP contribution >= 0.6 is 23.5 Å². The van der Waals surface area contributed by atoms with Crippen molar-refractivity contribution in [1.29, 1.82) is 5.26 Å². The fraction of sp³-hybridized carbons (Fsp3) is 0.154. The first-order valence-corrected chi connectivity index (χ1v) is 12.6. The molecule has 1 heterocycles. The highest BCUT2D eigenvalue weighted by atomic mass is 32.2. The maximum absolute atomic E-state index is 13.5. The summed E-state index contributed by atoms with van der Waals surface area (Å²) in [7, 11) is 0. The van der Waals surface area contributed by atoms with Crippen molar-refractivity contribution in [2.45, 2.75) is 23.9 Å². The van der Waals surface area contributed by atoms with Gasteiger partial charge in [0.05, 0.1) is 39.9 Å². The molecule has 0 saturated heterocycles. The van der Waals surface area contributed by atoms with Crippen LogP contribution in [0.2, 0.25) is 0 Å². The number of fused-ring (bicyclic) bond motifs is 1. The zero-order valence-electron chi connectivity index (χ0n) is 18.7. The number of thioether (sulfide) groups is 2. The molecule has 0 saturated carbocycles. The Kier molecular flexibility index (Phi) is 7.36. The molecule has 0 aliphatic rings. The number of para-hydroxylation sites is 2. The van der Waals surface area contributed by atoms with E-state index in [0.29, 0.717) is 27.5 Å². The average Bonchev–Trinajstić information content (AvgIpc) is 2.84. The maximum Gasteiger partial charge on any atom is 0.266 e. The Morgan fingerprint density at radius 2 is 1.79 bits per heavy atom. The highest BCUT2D eigenvalue weighted by Gasteiger charge is 2.17. The molecule has 0 fully saturated rings. The zero-order valence-corrected chi connectivity index (χ0v) is 20.4. The van der Waals surface area contributed by atoms with Gasteiger partial charge < -0.3 is 5.32 Å². The first kappa shape index (κ1) is 23.6. The standard InChI is InChI=1S/C26H22N4O2S2/c1-17-8-7-12-22(18(17)2)30-25(32)19-9-3-4-10-20(19)29-26(30)34-16-24(31)28-21-11-5-6-13-23(21)33-15-14-27/h3-13H,15-16H2,1-2H3,(H,28,31). The van der Waals surface area contributed by atoms with Crippen molar-refractivity contribution in [2.24, 2.45) is 0 Å². The number of carbonyl (C=O) groups excluding carboxylic acids is 1. The van der Waals surface area contributed by atoms with Crippen molar-refractivity contribution in [1.82, 2.24) is 9.55 Å². The molecule has 0 radical (unpaired) electrons. The van der Waals surface area contributed by atoms with E-state index in [4.69, 9.17) is 10.2 Å². The summed E-state index contributed by atoms with van der Waals surface area (Å²) in [5, 5.41) is 12.8. The van der Waals surface area contributed by atoms with Gasteiger partial charge in [0.2, 0.25) is 5.91 Å². The van der Waals surface area contributed by atoms with E-state index in [1.165, 1.54) is 23.5 Å². The second-order valence-electron chi connectivity index (χ2n) is 7.55. The van der Waals surface area contributed by atoms with Gasteiger partial charge in [0.15, 0.2) is 5.16 Å². The molecule has 0 atom stereocenters. The van der Waals surface area contributed by atoms with E-state index in [1.807, 2.05) is 68.4 Å². The molecule has 3 aromatic carbocycles. The van der Waals surface area contributed by atoms with Crippen molar-refractivity contribution in [3.8, 4) is 11.8 Å². The molecule has 0 aliphatic carbocycles. The third kappa shape index (κ3) is 5.01. The summed E-state index contributed by atoms with van der Waals surface area (Å²) < 4.78 is 1.60. The topological polar surface area (TPSA) is 87.8 Å². The van der Waals surface area contributed by atoms with E-state index in [1.54, 1.807) is 16.7 Å². The van der Waals surface area contributed by atoms with E-state index in [-0.39, 0.29) is 17.2 Å². The number of anilines is 1. The molecule has 8 heteroatoms. The first-order chi connectivity index (χ1) is 16.5. The molecule has 170 valence electrons. The maximum atomic E-state index is 13.5. The Bertz CT molecular complexity index is 1470. The Morgan fingerprint density at radius 1 is 1.03 bits per heavy atom. The van der Waals surface area contributed by atoms with Gasteiger partial charge >= 0.3 is 0 Å². The summed E-state index contributed by atoms with van der Waals surface area (Å²) in [6.45, 7) is 3.98. The molecule has 34 heavy (non-hydrogen) atoms. The lowest BCUT2D eigenvalue weighted by atomic mass is 10.1. The normalized spacial score (nSPS) is 10.7. The lowest BCUT2D eigenvalue weighted by molar-refractivity contribution is -0.113. The predicted octanol–water partition coefficient (Wildman–Crippen LogP) is 5.35. The van der Waals surface area contributed by atoms with Crippen LogP contribution in [0.25, 0.3) is 16.6 Å². The van der Waals surface area contributed by atoms with Gasteiger partial charge in [0.25, 0.3) is 5.56 Å². The molecular formula is C26H22N4O2S2.